The molecule has 4 aromatic rings. The minimum Gasteiger partial charge on any atom is -0.373 e. The maximum atomic E-state index is 12.8. The summed E-state index contributed by atoms with van der Waals surface area (Å²) in [5.74, 6) is -2.21. The van der Waals surface area contributed by atoms with E-state index in [1.54, 1.807) is 25.3 Å². The van der Waals surface area contributed by atoms with E-state index in [-0.39, 0.29) is 46.1 Å². The molecule has 0 bridgehead atoms. The van der Waals surface area contributed by atoms with Crippen molar-refractivity contribution in [3.63, 3.8) is 0 Å². The molecule has 2 heterocycles. The predicted molar refractivity (Wildman–Crippen MR) is 223 cm³/mol. The minimum absolute atomic E-state index is 0.0199. The first-order valence-corrected chi connectivity index (χ1v) is 20.6. The highest BCUT2D eigenvalue weighted by Gasteiger charge is 2.26. The summed E-state index contributed by atoms with van der Waals surface area (Å²) < 4.78 is 5.05. The summed E-state index contributed by atoms with van der Waals surface area (Å²) >= 11 is 12.4. The SMILES string of the molecule is Cc1cn(-c2ccc(Cl)c(C(=O)NC(O)C3CCCCCC3)c2)c(=O)n1CC(N)=O.NC(=O)Cn1ccn(-c2ccc(Cl)c(C(=O)NC(O)C3CCCCCC3)c2)c1=O. The van der Waals surface area contributed by atoms with Crippen molar-refractivity contribution in [3.05, 3.63) is 103 Å². The van der Waals surface area contributed by atoms with Gasteiger partial charge in [0.15, 0.2) is 0 Å². The Morgan fingerprint density at radius 3 is 1.56 bits per heavy atom. The molecule has 8 N–H and O–H groups in total. The molecule has 0 spiro atoms. The Labute approximate surface area is 351 Å². The molecule has 0 aliphatic heterocycles. The fourth-order valence-corrected chi connectivity index (χ4v) is 8.02. The fraction of sp³-hybridized carbons (Fsp3) is 0.463. The molecule has 6 rings (SSSR count). The van der Waals surface area contributed by atoms with Gasteiger partial charge in [0.05, 0.1) is 32.5 Å². The van der Waals surface area contributed by atoms with Gasteiger partial charge in [-0.25, -0.2) is 9.59 Å². The largest absolute Gasteiger partial charge is 0.373 e. The number of nitrogens with one attached hydrogen (secondary N) is 2. The van der Waals surface area contributed by atoms with E-state index in [9.17, 15) is 39.0 Å². The molecule has 2 aromatic heterocycles. The van der Waals surface area contributed by atoms with E-state index in [4.69, 9.17) is 34.7 Å². The Bertz CT molecular complexity index is 2250. The van der Waals surface area contributed by atoms with Crippen molar-refractivity contribution in [3.8, 4) is 11.4 Å². The number of imidazole rings is 2. The first-order valence-electron chi connectivity index (χ1n) is 19.9. The number of halogens is 2. The Balaban J connectivity index is 0.000000224. The third-order valence-electron chi connectivity index (χ3n) is 10.9. The van der Waals surface area contributed by atoms with Gasteiger partial charge in [-0.3, -0.25) is 37.4 Å². The first kappa shape index (κ1) is 44.9. The van der Waals surface area contributed by atoms with Crippen LogP contribution in [0.25, 0.3) is 11.4 Å². The van der Waals surface area contributed by atoms with Crippen LogP contribution in [-0.4, -0.2) is 64.6 Å². The quantitative estimate of drug-likeness (QED) is 0.0901. The summed E-state index contributed by atoms with van der Waals surface area (Å²) in [6.07, 6.45) is 14.8. The van der Waals surface area contributed by atoms with Gasteiger partial charge in [0, 0.05) is 36.1 Å². The maximum Gasteiger partial charge on any atom is 0.333 e. The Hall–Kier alpha value is -5.16. The average Bonchev–Trinajstić information content (AvgIpc) is 3.44. The van der Waals surface area contributed by atoms with Gasteiger partial charge in [0.2, 0.25) is 11.8 Å². The van der Waals surface area contributed by atoms with Gasteiger partial charge in [-0.05, 0) is 69.0 Å². The van der Waals surface area contributed by atoms with E-state index in [0.29, 0.717) is 17.1 Å². The minimum atomic E-state index is -0.947. The van der Waals surface area contributed by atoms with Crippen LogP contribution in [0.3, 0.4) is 0 Å². The number of aryl methyl sites for hydroxylation is 1. The van der Waals surface area contributed by atoms with Gasteiger partial charge in [-0.1, -0.05) is 74.6 Å². The number of hydrogen-bond acceptors (Lipinski definition) is 8. The molecule has 59 heavy (non-hydrogen) atoms. The van der Waals surface area contributed by atoms with Crippen LogP contribution < -0.4 is 33.5 Å². The zero-order valence-electron chi connectivity index (χ0n) is 32.9. The second kappa shape index (κ2) is 20.7. The lowest BCUT2D eigenvalue weighted by molar-refractivity contribution is -0.119. The lowest BCUT2D eigenvalue weighted by Crippen LogP contribution is -2.40. The zero-order valence-corrected chi connectivity index (χ0v) is 34.5. The van der Waals surface area contributed by atoms with Gasteiger partial charge < -0.3 is 32.3 Å². The van der Waals surface area contributed by atoms with Crippen molar-refractivity contribution in [1.29, 1.82) is 0 Å². The van der Waals surface area contributed by atoms with Crippen LogP contribution in [0.2, 0.25) is 10.0 Å². The molecule has 318 valence electrons. The highest BCUT2D eigenvalue weighted by Crippen LogP contribution is 2.27. The van der Waals surface area contributed by atoms with Crippen molar-refractivity contribution in [2.45, 2.75) is 110 Å². The molecule has 0 saturated heterocycles. The molecule has 18 heteroatoms. The van der Waals surface area contributed by atoms with Gasteiger partial charge in [0.1, 0.15) is 25.5 Å². The highest BCUT2D eigenvalue weighted by atomic mass is 35.5. The molecule has 4 amide bonds. The van der Waals surface area contributed by atoms with Crippen molar-refractivity contribution >= 4 is 46.8 Å². The van der Waals surface area contributed by atoms with Gasteiger partial charge in [-0.15, -0.1) is 0 Å². The standard InChI is InChI=1S/C21H27ClN4O4.C20H25ClN4O4/c1-13-11-26(21(30)25(13)12-18(23)27)15-8-9-17(22)16(10-15)20(29)24-19(28)14-6-4-2-3-5-7-14;21-16-8-7-14(25-10-9-24(20(25)29)12-17(22)26)11-15(16)19(28)23-18(27)13-5-3-1-2-4-6-13/h8-11,14,19,28H,2-7,12H2,1H3,(H2,23,27)(H,24,29);7-11,13,18,27H,1-6,12H2,(H2,22,26)(H,23,28). The van der Waals surface area contributed by atoms with Gasteiger partial charge in [0.25, 0.3) is 11.8 Å². The van der Waals surface area contributed by atoms with E-state index < -0.39 is 47.5 Å². The summed E-state index contributed by atoms with van der Waals surface area (Å²) in [4.78, 5) is 72.9. The molecule has 2 atom stereocenters. The summed E-state index contributed by atoms with van der Waals surface area (Å²) in [6.45, 7) is 1.22. The number of benzene rings is 2. The number of aliphatic hydroxyl groups is 2. The van der Waals surface area contributed by atoms with Gasteiger partial charge >= 0.3 is 11.4 Å². The molecule has 2 aliphatic rings. The van der Waals surface area contributed by atoms with E-state index in [1.165, 1.54) is 54.9 Å². The smallest absolute Gasteiger partial charge is 0.333 e. The summed E-state index contributed by atoms with van der Waals surface area (Å²) in [5.41, 5.74) is 11.2. The Morgan fingerprint density at radius 2 is 1.12 bits per heavy atom. The fourth-order valence-electron chi connectivity index (χ4n) is 7.61. The Morgan fingerprint density at radius 1 is 0.678 bits per heavy atom. The van der Waals surface area contributed by atoms with Crippen LogP contribution in [-0.2, 0) is 22.7 Å². The molecule has 2 aliphatic carbocycles. The number of amides is 4. The number of hydrogen-bond donors (Lipinski definition) is 6. The second-order valence-corrected chi connectivity index (χ2v) is 16.0. The number of carbonyl (C=O) groups excluding carboxylic acids is 4. The van der Waals surface area contributed by atoms with Crippen molar-refractivity contribution < 1.29 is 29.4 Å². The lowest BCUT2D eigenvalue weighted by Gasteiger charge is -2.22. The molecular weight excluding hydrogens is 803 g/mol. The summed E-state index contributed by atoms with van der Waals surface area (Å²) in [5, 5.41) is 26.7. The number of primary amides is 2. The van der Waals surface area contributed by atoms with E-state index >= 15 is 0 Å². The number of aromatic nitrogens is 4. The molecule has 2 aromatic carbocycles. The number of aliphatic hydroxyl groups excluding tert-OH is 2. The third kappa shape index (κ3) is 11.7. The van der Waals surface area contributed by atoms with E-state index in [1.807, 2.05) is 0 Å². The number of carbonyl (C=O) groups is 4. The van der Waals surface area contributed by atoms with E-state index in [2.05, 4.69) is 10.6 Å². The predicted octanol–water partition coefficient (Wildman–Crippen LogP) is 3.90. The first-order chi connectivity index (χ1) is 28.1. The van der Waals surface area contributed by atoms with Crippen molar-refractivity contribution in [2.75, 3.05) is 0 Å². The number of rotatable bonds is 12. The Kier molecular flexibility index (Phi) is 15.8. The maximum absolute atomic E-state index is 12.8. The van der Waals surface area contributed by atoms with Crippen LogP contribution in [0, 0.1) is 18.8 Å². The molecule has 0 radical (unpaired) electrons. The van der Waals surface area contributed by atoms with E-state index in [0.717, 1.165) is 77.0 Å². The molecular formula is C41H52Cl2N8O8. The topological polar surface area (TPSA) is 239 Å². The number of nitrogens with zero attached hydrogens (tertiary/aromatic N) is 4. The lowest BCUT2D eigenvalue weighted by atomic mass is 9.98. The molecule has 2 unspecified atom stereocenters. The summed E-state index contributed by atoms with van der Waals surface area (Å²) in [6, 6.07) is 9.21. The normalized spacial score (nSPS) is 16.2. The highest BCUT2D eigenvalue weighted by molar-refractivity contribution is 6.34. The van der Waals surface area contributed by atoms with Crippen LogP contribution in [0.4, 0.5) is 0 Å². The molecule has 2 fully saturated rings. The van der Waals surface area contributed by atoms with Crippen LogP contribution in [0.15, 0.2) is 64.6 Å². The average molecular weight is 856 g/mol. The second-order valence-electron chi connectivity index (χ2n) is 15.2. The van der Waals surface area contributed by atoms with Crippen molar-refractivity contribution in [1.82, 2.24) is 28.9 Å². The van der Waals surface area contributed by atoms with Crippen LogP contribution in [0.5, 0.6) is 0 Å². The zero-order chi connectivity index (χ0) is 42.8. The monoisotopic (exact) mass is 854 g/mol. The van der Waals surface area contributed by atoms with Crippen molar-refractivity contribution in [2.24, 2.45) is 23.3 Å². The van der Waals surface area contributed by atoms with Gasteiger partial charge in [-0.2, -0.15) is 0 Å². The molecule has 16 nitrogen and oxygen atoms in total. The third-order valence-corrected chi connectivity index (χ3v) is 11.5. The van der Waals surface area contributed by atoms with Crippen LogP contribution in [0.1, 0.15) is 103 Å². The number of nitrogens with two attached hydrogens (primary N) is 2. The molecule has 2 saturated carbocycles. The van der Waals surface area contributed by atoms with Crippen LogP contribution >= 0.6 is 23.2 Å². The summed E-state index contributed by atoms with van der Waals surface area (Å²) in [7, 11) is 0.